The maximum atomic E-state index is 11.8. The third-order valence-corrected chi connectivity index (χ3v) is 2.58. The molecule has 0 aromatic carbocycles. The molecule has 0 unspecified atom stereocenters. The Labute approximate surface area is 75.0 Å². The fourth-order valence-corrected chi connectivity index (χ4v) is 1.70. The van der Waals surface area contributed by atoms with Crippen LogP contribution in [0.5, 0.6) is 0 Å². The molecular formula is C10H10N2O. The molecule has 2 aromatic heterocycles. The van der Waals surface area contributed by atoms with E-state index in [-0.39, 0.29) is 5.56 Å². The van der Waals surface area contributed by atoms with Gasteiger partial charge in [-0.1, -0.05) is 0 Å². The average molecular weight is 174 g/mol. The zero-order valence-corrected chi connectivity index (χ0v) is 7.16. The van der Waals surface area contributed by atoms with Crippen LogP contribution in [-0.4, -0.2) is 9.55 Å². The van der Waals surface area contributed by atoms with E-state index in [9.17, 15) is 4.79 Å². The number of fused-ring (bicyclic) bond motifs is 1. The number of pyridine rings is 1. The summed E-state index contributed by atoms with van der Waals surface area (Å²) in [5, 5.41) is 1.00. The first-order valence-corrected chi connectivity index (χ1v) is 4.54. The number of hydrogen-bond donors (Lipinski definition) is 1. The Morgan fingerprint density at radius 1 is 1.38 bits per heavy atom. The second-order valence-electron chi connectivity index (χ2n) is 3.57. The van der Waals surface area contributed by atoms with Crippen LogP contribution in [0, 0.1) is 0 Å². The maximum absolute atomic E-state index is 11.8. The van der Waals surface area contributed by atoms with E-state index in [1.807, 2.05) is 29.1 Å². The van der Waals surface area contributed by atoms with Gasteiger partial charge in [-0.2, -0.15) is 0 Å². The van der Waals surface area contributed by atoms with E-state index in [4.69, 9.17) is 0 Å². The Morgan fingerprint density at radius 2 is 2.23 bits per heavy atom. The smallest absolute Gasteiger partial charge is 0.275 e. The van der Waals surface area contributed by atoms with Crippen LogP contribution in [0.25, 0.3) is 10.9 Å². The van der Waals surface area contributed by atoms with E-state index >= 15 is 0 Å². The Kier molecular flexibility index (Phi) is 1.20. The van der Waals surface area contributed by atoms with Crippen molar-refractivity contribution in [3.05, 3.63) is 34.9 Å². The second-order valence-corrected chi connectivity index (χ2v) is 3.57. The number of nitrogens with one attached hydrogen (secondary N) is 1. The van der Waals surface area contributed by atoms with Gasteiger partial charge in [0.05, 0.1) is 0 Å². The highest BCUT2D eigenvalue weighted by molar-refractivity contribution is 5.77. The number of hydrogen-bond acceptors (Lipinski definition) is 1. The normalized spacial score (nSPS) is 16.6. The third kappa shape index (κ3) is 0.932. The summed E-state index contributed by atoms with van der Waals surface area (Å²) < 4.78 is 1.83. The standard InChI is InChI=1S/C10H10N2O/c13-10-9-7(3-5-11-9)4-6-12(10)8-1-2-8/h3-6,8,11H,1-2H2. The van der Waals surface area contributed by atoms with Crippen LogP contribution < -0.4 is 5.56 Å². The van der Waals surface area contributed by atoms with Crippen molar-refractivity contribution in [1.29, 1.82) is 0 Å². The number of H-pyrrole nitrogens is 1. The first-order valence-electron chi connectivity index (χ1n) is 4.54. The summed E-state index contributed by atoms with van der Waals surface area (Å²) in [7, 11) is 0. The van der Waals surface area contributed by atoms with Gasteiger partial charge < -0.3 is 9.55 Å². The summed E-state index contributed by atoms with van der Waals surface area (Å²) in [5.41, 5.74) is 0.847. The summed E-state index contributed by atoms with van der Waals surface area (Å²) >= 11 is 0. The van der Waals surface area contributed by atoms with Gasteiger partial charge in [0, 0.05) is 23.8 Å². The van der Waals surface area contributed by atoms with Gasteiger partial charge in [-0.05, 0) is 25.0 Å². The number of aromatic amines is 1. The Hall–Kier alpha value is -1.51. The van der Waals surface area contributed by atoms with Gasteiger partial charge >= 0.3 is 0 Å². The zero-order valence-electron chi connectivity index (χ0n) is 7.16. The van der Waals surface area contributed by atoms with Gasteiger partial charge in [0.25, 0.3) is 5.56 Å². The lowest BCUT2D eigenvalue weighted by molar-refractivity contribution is 0.713. The molecule has 0 radical (unpaired) electrons. The highest BCUT2D eigenvalue weighted by Gasteiger charge is 2.24. The molecule has 1 N–H and O–H groups in total. The van der Waals surface area contributed by atoms with Crippen LogP contribution in [0.3, 0.4) is 0 Å². The van der Waals surface area contributed by atoms with Crippen LogP contribution >= 0.6 is 0 Å². The van der Waals surface area contributed by atoms with Crippen molar-refractivity contribution >= 4 is 10.9 Å². The lowest BCUT2D eigenvalue weighted by atomic mass is 10.3. The van der Waals surface area contributed by atoms with Crippen LogP contribution in [0.15, 0.2) is 29.3 Å². The first kappa shape index (κ1) is 6.95. The molecule has 0 amide bonds. The average Bonchev–Trinajstić information content (AvgIpc) is 2.83. The lowest BCUT2D eigenvalue weighted by Gasteiger charge is -2.01. The summed E-state index contributed by atoms with van der Waals surface area (Å²) in [6.45, 7) is 0. The van der Waals surface area contributed by atoms with E-state index in [1.54, 1.807) is 0 Å². The highest BCUT2D eigenvalue weighted by atomic mass is 16.1. The molecule has 1 fully saturated rings. The molecule has 3 heteroatoms. The molecule has 0 saturated heterocycles. The fraction of sp³-hybridized carbons (Fsp3) is 0.300. The van der Waals surface area contributed by atoms with Crippen LogP contribution in [-0.2, 0) is 0 Å². The van der Waals surface area contributed by atoms with Crippen molar-refractivity contribution in [3.63, 3.8) is 0 Å². The monoisotopic (exact) mass is 174 g/mol. The molecule has 13 heavy (non-hydrogen) atoms. The van der Waals surface area contributed by atoms with Crippen molar-refractivity contribution in [1.82, 2.24) is 9.55 Å². The number of rotatable bonds is 1. The molecule has 1 aliphatic carbocycles. The minimum atomic E-state index is 0.116. The quantitative estimate of drug-likeness (QED) is 0.701. The van der Waals surface area contributed by atoms with Crippen molar-refractivity contribution in [2.45, 2.75) is 18.9 Å². The Bertz CT molecular complexity index is 505. The summed E-state index contributed by atoms with van der Waals surface area (Å²) in [4.78, 5) is 14.8. The van der Waals surface area contributed by atoms with E-state index in [0.717, 1.165) is 23.7 Å². The number of aromatic nitrogens is 2. The fourth-order valence-electron chi connectivity index (χ4n) is 1.70. The first-order chi connectivity index (χ1) is 6.36. The SMILES string of the molecule is O=c1c2[nH]ccc2ccn1C1CC1. The van der Waals surface area contributed by atoms with Gasteiger partial charge in [-0.3, -0.25) is 4.79 Å². The molecular weight excluding hydrogens is 164 g/mol. The van der Waals surface area contributed by atoms with Gasteiger partial charge in [-0.15, -0.1) is 0 Å². The molecule has 1 aliphatic rings. The van der Waals surface area contributed by atoms with Gasteiger partial charge in [-0.25, -0.2) is 0 Å². The molecule has 0 spiro atoms. The van der Waals surface area contributed by atoms with Crippen LogP contribution in [0.2, 0.25) is 0 Å². The van der Waals surface area contributed by atoms with Gasteiger partial charge in [0.1, 0.15) is 5.52 Å². The minimum absolute atomic E-state index is 0.116. The van der Waals surface area contributed by atoms with E-state index < -0.39 is 0 Å². The molecule has 0 aliphatic heterocycles. The van der Waals surface area contributed by atoms with E-state index in [0.29, 0.717) is 6.04 Å². The highest BCUT2D eigenvalue weighted by Crippen LogP contribution is 2.33. The van der Waals surface area contributed by atoms with Crippen molar-refractivity contribution in [3.8, 4) is 0 Å². The molecule has 0 atom stereocenters. The zero-order chi connectivity index (χ0) is 8.84. The van der Waals surface area contributed by atoms with Gasteiger partial charge in [0.15, 0.2) is 0 Å². The second kappa shape index (κ2) is 2.25. The summed E-state index contributed by atoms with van der Waals surface area (Å²) in [6.07, 6.45) is 6.00. The minimum Gasteiger partial charge on any atom is -0.357 e. The van der Waals surface area contributed by atoms with E-state index in [1.165, 1.54) is 0 Å². The largest absolute Gasteiger partial charge is 0.357 e. The molecule has 3 rings (SSSR count). The number of nitrogens with zero attached hydrogens (tertiary/aromatic N) is 1. The van der Waals surface area contributed by atoms with E-state index in [2.05, 4.69) is 4.98 Å². The Morgan fingerprint density at radius 3 is 3.00 bits per heavy atom. The van der Waals surface area contributed by atoms with Crippen molar-refractivity contribution in [2.75, 3.05) is 0 Å². The molecule has 66 valence electrons. The predicted molar refractivity (Wildman–Crippen MR) is 50.8 cm³/mol. The van der Waals surface area contributed by atoms with Crippen molar-refractivity contribution < 1.29 is 0 Å². The molecule has 0 bridgehead atoms. The summed E-state index contributed by atoms with van der Waals surface area (Å²) in [6, 6.07) is 4.37. The molecule has 2 heterocycles. The van der Waals surface area contributed by atoms with Crippen LogP contribution in [0.1, 0.15) is 18.9 Å². The maximum Gasteiger partial charge on any atom is 0.275 e. The Balaban J connectivity index is 2.37. The third-order valence-electron chi connectivity index (χ3n) is 2.58. The van der Waals surface area contributed by atoms with Crippen molar-refractivity contribution in [2.24, 2.45) is 0 Å². The predicted octanol–water partition coefficient (Wildman–Crippen LogP) is 1.66. The lowest BCUT2D eigenvalue weighted by Crippen LogP contribution is -2.18. The molecule has 3 nitrogen and oxygen atoms in total. The summed E-state index contributed by atoms with van der Waals surface area (Å²) in [5.74, 6) is 0. The molecule has 2 aromatic rings. The van der Waals surface area contributed by atoms with Crippen LogP contribution in [0.4, 0.5) is 0 Å². The molecule has 1 saturated carbocycles. The van der Waals surface area contributed by atoms with Gasteiger partial charge in [0.2, 0.25) is 0 Å². The topological polar surface area (TPSA) is 37.8 Å².